The molecule has 1 aromatic rings. The van der Waals surface area contributed by atoms with Crippen molar-refractivity contribution in [2.45, 2.75) is 31.3 Å². The van der Waals surface area contributed by atoms with Gasteiger partial charge in [0.1, 0.15) is 10.5 Å². The third kappa shape index (κ3) is 1.65. The van der Waals surface area contributed by atoms with Crippen LogP contribution >= 0.6 is 24.0 Å². The molecule has 0 aromatic carbocycles. The van der Waals surface area contributed by atoms with Crippen molar-refractivity contribution < 1.29 is 0 Å². The maximum atomic E-state index is 5.24. The first-order valence-corrected chi connectivity index (χ1v) is 5.94. The Balaban J connectivity index is 2.56. The molecule has 0 atom stereocenters. The van der Waals surface area contributed by atoms with Crippen molar-refractivity contribution in [1.29, 1.82) is 0 Å². The zero-order valence-electron chi connectivity index (χ0n) is 7.76. The average Bonchev–Trinajstić information content (AvgIpc) is 2.51. The maximum Gasteiger partial charge on any atom is 0.134 e. The second kappa shape index (κ2) is 3.42. The monoisotopic (exact) mass is 212 g/mol. The SMILES string of the molecule is CC(C)c1nc(=S)c2c([nH]1)CSC2. The lowest BCUT2D eigenvalue weighted by Gasteiger charge is -2.07. The lowest BCUT2D eigenvalue weighted by molar-refractivity contribution is 0.759. The smallest absolute Gasteiger partial charge is 0.134 e. The Hall–Kier alpha value is -0.350. The quantitative estimate of drug-likeness (QED) is 0.725. The van der Waals surface area contributed by atoms with Gasteiger partial charge in [0.05, 0.1) is 0 Å². The summed E-state index contributed by atoms with van der Waals surface area (Å²) in [6.45, 7) is 4.25. The number of aromatic amines is 1. The van der Waals surface area contributed by atoms with Crippen molar-refractivity contribution in [3.8, 4) is 0 Å². The maximum absolute atomic E-state index is 5.24. The Morgan fingerprint density at radius 2 is 2.23 bits per heavy atom. The van der Waals surface area contributed by atoms with Gasteiger partial charge in [0.2, 0.25) is 0 Å². The van der Waals surface area contributed by atoms with E-state index in [9.17, 15) is 0 Å². The summed E-state index contributed by atoms with van der Waals surface area (Å²) in [6, 6.07) is 0. The van der Waals surface area contributed by atoms with Gasteiger partial charge in [-0.25, -0.2) is 4.98 Å². The van der Waals surface area contributed by atoms with Gasteiger partial charge in [0, 0.05) is 28.7 Å². The fraction of sp³-hybridized carbons (Fsp3) is 0.556. The lowest BCUT2D eigenvalue weighted by atomic mass is 10.2. The third-order valence-electron chi connectivity index (χ3n) is 2.16. The number of hydrogen-bond acceptors (Lipinski definition) is 3. The Morgan fingerprint density at radius 3 is 2.92 bits per heavy atom. The second-order valence-electron chi connectivity index (χ2n) is 3.53. The molecule has 0 radical (unpaired) electrons. The minimum atomic E-state index is 0.428. The summed E-state index contributed by atoms with van der Waals surface area (Å²) < 4.78 is 0.794. The van der Waals surface area contributed by atoms with E-state index < -0.39 is 0 Å². The van der Waals surface area contributed by atoms with Crippen LogP contribution in [0.3, 0.4) is 0 Å². The van der Waals surface area contributed by atoms with Gasteiger partial charge >= 0.3 is 0 Å². The molecule has 2 heterocycles. The molecule has 1 N–H and O–H groups in total. The molecule has 0 saturated heterocycles. The zero-order valence-corrected chi connectivity index (χ0v) is 9.39. The molecule has 1 aliphatic heterocycles. The number of fused-ring (bicyclic) bond motifs is 1. The topological polar surface area (TPSA) is 28.7 Å². The van der Waals surface area contributed by atoms with E-state index in [-0.39, 0.29) is 0 Å². The van der Waals surface area contributed by atoms with Crippen LogP contribution in [0.25, 0.3) is 0 Å². The van der Waals surface area contributed by atoms with Gasteiger partial charge in [-0.05, 0) is 0 Å². The van der Waals surface area contributed by atoms with Gasteiger partial charge in [-0.2, -0.15) is 11.8 Å². The highest BCUT2D eigenvalue weighted by Gasteiger charge is 2.15. The van der Waals surface area contributed by atoms with Crippen LogP contribution in [0.1, 0.15) is 36.8 Å². The van der Waals surface area contributed by atoms with E-state index in [1.54, 1.807) is 0 Å². The van der Waals surface area contributed by atoms with E-state index in [0.29, 0.717) is 5.92 Å². The van der Waals surface area contributed by atoms with Gasteiger partial charge in [-0.1, -0.05) is 26.1 Å². The summed E-state index contributed by atoms with van der Waals surface area (Å²) in [5.74, 6) is 3.53. The van der Waals surface area contributed by atoms with Crippen LogP contribution in [0.4, 0.5) is 0 Å². The molecule has 1 aromatic heterocycles. The van der Waals surface area contributed by atoms with E-state index in [2.05, 4.69) is 23.8 Å². The van der Waals surface area contributed by atoms with Crippen molar-refractivity contribution in [3.05, 3.63) is 21.7 Å². The second-order valence-corrected chi connectivity index (χ2v) is 4.90. The molecule has 4 heteroatoms. The highest BCUT2D eigenvalue weighted by Crippen LogP contribution is 2.29. The van der Waals surface area contributed by atoms with Gasteiger partial charge < -0.3 is 4.98 Å². The summed E-state index contributed by atoms with van der Waals surface area (Å²) in [5.41, 5.74) is 2.53. The summed E-state index contributed by atoms with van der Waals surface area (Å²) >= 11 is 7.14. The number of thioether (sulfide) groups is 1. The summed E-state index contributed by atoms with van der Waals surface area (Å²) in [7, 11) is 0. The van der Waals surface area contributed by atoms with Gasteiger partial charge in [-0.3, -0.25) is 0 Å². The number of nitrogens with one attached hydrogen (secondary N) is 1. The minimum absolute atomic E-state index is 0.428. The van der Waals surface area contributed by atoms with Crippen molar-refractivity contribution in [2.75, 3.05) is 0 Å². The Kier molecular flexibility index (Phi) is 2.43. The third-order valence-corrected chi connectivity index (χ3v) is 3.49. The van der Waals surface area contributed by atoms with Crippen molar-refractivity contribution in [2.24, 2.45) is 0 Å². The lowest BCUT2D eigenvalue weighted by Crippen LogP contribution is -2.02. The fourth-order valence-corrected chi connectivity index (χ4v) is 2.82. The molecular formula is C9H12N2S2. The molecule has 2 rings (SSSR count). The van der Waals surface area contributed by atoms with Crippen LogP contribution in [-0.4, -0.2) is 9.97 Å². The van der Waals surface area contributed by atoms with Crippen LogP contribution in [-0.2, 0) is 11.5 Å². The molecule has 13 heavy (non-hydrogen) atoms. The van der Waals surface area contributed by atoms with Crippen molar-refractivity contribution in [1.82, 2.24) is 9.97 Å². The molecule has 70 valence electrons. The Bertz CT molecular complexity index is 382. The van der Waals surface area contributed by atoms with Gasteiger partial charge in [0.25, 0.3) is 0 Å². The largest absolute Gasteiger partial charge is 0.346 e. The highest BCUT2D eigenvalue weighted by atomic mass is 32.2. The number of H-pyrrole nitrogens is 1. The summed E-state index contributed by atoms with van der Waals surface area (Å²) in [5, 5.41) is 0. The first-order valence-electron chi connectivity index (χ1n) is 4.38. The predicted molar refractivity (Wildman–Crippen MR) is 58.5 cm³/mol. The molecule has 2 nitrogen and oxygen atoms in total. The Morgan fingerprint density at radius 1 is 1.46 bits per heavy atom. The average molecular weight is 212 g/mol. The number of rotatable bonds is 1. The Labute approximate surface area is 87.2 Å². The number of aromatic nitrogens is 2. The molecular weight excluding hydrogens is 200 g/mol. The fourth-order valence-electron chi connectivity index (χ4n) is 1.36. The molecule has 0 fully saturated rings. The van der Waals surface area contributed by atoms with Crippen molar-refractivity contribution in [3.63, 3.8) is 0 Å². The van der Waals surface area contributed by atoms with E-state index in [1.807, 2.05) is 11.8 Å². The summed E-state index contributed by atoms with van der Waals surface area (Å²) in [4.78, 5) is 7.76. The molecule has 0 amide bonds. The highest BCUT2D eigenvalue weighted by molar-refractivity contribution is 7.98. The molecule has 0 saturated carbocycles. The molecule has 1 aliphatic rings. The van der Waals surface area contributed by atoms with E-state index >= 15 is 0 Å². The molecule has 0 spiro atoms. The van der Waals surface area contributed by atoms with Crippen molar-refractivity contribution >= 4 is 24.0 Å². The standard InChI is InChI=1S/C9H12N2S2/c1-5(2)8-10-7-4-13-3-6(7)9(12)11-8/h5H,3-4H2,1-2H3,(H,10,11,12). The van der Waals surface area contributed by atoms with E-state index in [1.165, 1.54) is 11.3 Å². The first kappa shape index (κ1) is 9.21. The molecule has 0 aliphatic carbocycles. The van der Waals surface area contributed by atoms with Gasteiger partial charge in [-0.15, -0.1) is 0 Å². The zero-order chi connectivity index (χ0) is 9.42. The van der Waals surface area contributed by atoms with Crippen LogP contribution < -0.4 is 0 Å². The van der Waals surface area contributed by atoms with Crippen LogP contribution in [0.5, 0.6) is 0 Å². The first-order chi connectivity index (χ1) is 6.18. The minimum Gasteiger partial charge on any atom is -0.346 e. The van der Waals surface area contributed by atoms with Crippen LogP contribution in [0.2, 0.25) is 0 Å². The predicted octanol–water partition coefficient (Wildman–Crippen LogP) is 3.01. The number of nitrogens with zero attached hydrogens (tertiary/aromatic N) is 1. The van der Waals surface area contributed by atoms with Gasteiger partial charge in [0.15, 0.2) is 0 Å². The van der Waals surface area contributed by atoms with Crippen LogP contribution in [0.15, 0.2) is 0 Å². The number of hydrogen-bond donors (Lipinski definition) is 1. The molecule has 0 unspecified atom stereocenters. The van der Waals surface area contributed by atoms with E-state index in [4.69, 9.17) is 12.2 Å². The molecule has 0 bridgehead atoms. The van der Waals surface area contributed by atoms with Crippen LogP contribution in [0, 0.1) is 4.64 Å². The summed E-state index contributed by atoms with van der Waals surface area (Å²) in [6.07, 6.45) is 0. The normalized spacial score (nSPS) is 15.0. The van der Waals surface area contributed by atoms with E-state index in [0.717, 1.165) is 22.0 Å².